The second kappa shape index (κ2) is 21.7. The normalized spacial score (nSPS) is 33.2. The fourth-order valence-corrected chi connectivity index (χ4v) is 9.10. The molecule has 8 atom stereocenters. The summed E-state index contributed by atoms with van der Waals surface area (Å²) in [5.41, 5.74) is 1.61. The fraction of sp³-hybridized carbons (Fsp3) is 1.00. The molecule has 2 fully saturated rings. The van der Waals surface area contributed by atoms with Gasteiger partial charge in [-0.2, -0.15) is 0 Å². The molecule has 0 heteroatoms. The van der Waals surface area contributed by atoms with Crippen LogP contribution < -0.4 is 0 Å². The van der Waals surface area contributed by atoms with Crippen molar-refractivity contribution in [3.8, 4) is 0 Å². The van der Waals surface area contributed by atoms with E-state index in [0.717, 1.165) is 35.5 Å². The van der Waals surface area contributed by atoms with E-state index in [1.807, 2.05) is 55.4 Å². The zero-order valence-corrected chi connectivity index (χ0v) is 30.7. The van der Waals surface area contributed by atoms with Crippen LogP contribution in [0.3, 0.4) is 0 Å². The van der Waals surface area contributed by atoms with Crippen LogP contribution in [-0.2, 0) is 0 Å². The summed E-state index contributed by atoms with van der Waals surface area (Å²) in [6.07, 6.45) is 15.6. The minimum Gasteiger partial charge on any atom is -0.0683 e. The summed E-state index contributed by atoms with van der Waals surface area (Å²) in [4.78, 5) is 0. The second-order valence-electron chi connectivity index (χ2n) is 13.2. The SMILES string of the molecule is CC.CC.CC.CC.CCCCC(C)(C)C1CCC(C)(C2CC(C)C(CC)C(C)(CCC)C2)C1C(C)CC. The first-order valence-electron chi connectivity index (χ1n) is 18.0. The molecule has 8 unspecified atom stereocenters. The summed E-state index contributed by atoms with van der Waals surface area (Å²) in [5, 5.41) is 0. The predicted molar refractivity (Wildman–Crippen MR) is 181 cm³/mol. The third-order valence-electron chi connectivity index (χ3n) is 10.8. The van der Waals surface area contributed by atoms with Gasteiger partial charge in [-0.1, -0.05) is 157 Å². The van der Waals surface area contributed by atoms with Crippen LogP contribution in [0.1, 0.15) is 195 Å². The third kappa shape index (κ3) is 10.8. The molecule has 0 nitrogen and oxygen atoms in total. The summed E-state index contributed by atoms with van der Waals surface area (Å²) < 4.78 is 0. The summed E-state index contributed by atoms with van der Waals surface area (Å²) >= 11 is 0. The standard InChI is InChI=1S/C30H58.4C2H6/c1-11-15-18-28(7,8)26-16-19-30(10,27(26)22(5)13-3)24-20-23(6)25(14-4)29(9,21-24)17-12-2;4*1-2/h22-27H,11-21H2,1-10H3;4*1-2H3. The molecular weight excluding hydrogens is 456 g/mol. The van der Waals surface area contributed by atoms with Gasteiger partial charge in [0.1, 0.15) is 0 Å². The Morgan fingerprint density at radius 3 is 1.79 bits per heavy atom. The van der Waals surface area contributed by atoms with Crippen LogP contribution >= 0.6 is 0 Å². The molecule has 0 aromatic heterocycles. The van der Waals surface area contributed by atoms with Crippen LogP contribution in [0.4, 0.5) is 0 Å². The molecule has 2 saturated carbocycles. The van der Waals surface area contributed by atoms with Gasteiger partial charge in [0.25, 0.3) is 0 Å². The van der Waals surface area contributed by atoms with E-state index in [9.17, 15) is 0 Å². The molecule has 2 aliphatic carbocycles. The van der Waals surface area contributed by atoms with Crippen LogP contribution in [0.25, 0.3) is 0 Å². The minimum absolute atomic E-state index is 0.501. The molecule has 0 aliphatic heterocycles. The van der Waals surface area contributed by atoms with Gasteiger partial charge in [-0.15, -0.1) is 0 Å². The molecule has 0 amide bonds. The molecule has 0 bridgehead atoms. The monoisotopic (exact) mass is 539 g/mol. The molecule has 234 valence electrons. The van der Waals surface area contributed by atoms with E-state index in [1.165, 1.54) is 70.6 Å². The summed E-state index contributed by atoms with van der Waals surface area (Å²) in [6.45, 7) is 41.6. The Morgan fingerprint density at radius 2 is 1.37 bits per heavy atom. The molecule has 0 spiro atoms. The molecule has 0 aromatic carbocycles. The smallest absolute Gasteiger partial charge is 0.0263 e. The lowest BCUT2D eigenvalue weighted by Crippen LogP contribution is -2.48. The van der Waals surface area contributed by atoms with Crippen LogP contribution in [0.15, 0.2) is 0 Å². The Hall–Kier alpha value is 0. The first-order valence-corrected chi connectivity index (χ1v) is 18.0. The molecular formula is C38H82. The van der Waals surface area contributed by atoms with Gasteiger partial charge in [0, 0.05) is 0 Å². The Kier molecular flexibility index (Phi) is 24.3. The number of hydrogen-bond donors (Lipinski definition) is 0. The first kappa shape index (κ1) is 42.5. The van der Waals surface area contributed by atoms with Crippen LogP contribution in [0.5, 0.6) is 0 Å². The zero-order valence-electron chi connectivity index (χ0n) is 30.7. The van der Waals surface area contributed by atoms with Crippen molar-refractivity contribution in [3.05, 3.63) is 0 Å². The number of rotatable bonds is 10. The highest BCUT2D eigenvalue weighted by Crippen LogP contribution is 2.65. The van der Waals surface area contributed by atoms with Crippen molar-refractivity contribution in [2.75, 3.05) is 0 Å². The largest absolute Gasteiger partial charge is 0.0683 e. The van der Waals surface area contributed by atoms with Gasteiger partial charge in [-0.3, -0.25) is 0 Å². The fourth-order valence-electron chi connectivity index (χ4n) is 9.10. The van der Waals surface area contributed by atoms with Gasteiger partial charge in [-0.05, 0) is 90.3 Å². The molecule has 38 heavy (non-hydrogen) atoms. The van der Waals surface area contributed by atoms with Gasteiger partial charge in [0.15, 0.2) is 0 Å². The maximum absolute atomic E-state index is 2.76. The second-order valence-corrected chi connectivity index (χ2v) is 13.2. The van der Waals surface area contributed by atoms with Gasteiger partial charge < -0.3 is 0 Å². The Bertz CT molecular complexity index is 518. The van der Waals surface area contributed by atoms with Crippen LogP contribution in [-0.4, -0.2) is 0 Å². The van der Waals surface area contributed by atoms with E-state index >= 15 is 0 Å². The Balaban J connectivity index is -0.00000140. The zero-order chi connectivity index (χ0) is 30.7. The topological polar surface area (TPSA) is 0 Å². The van der Waals surface area contributed by atoms with Crippen molar-refractivity contribution in [3.63, 3.8) is 0 Å². The summed E-state index contributed by atoms with van der Waals surface area (Å²) in [6, 6.07) is 0. The number of hydrogen-bond acceptors (Lipinski definition) is 0. The minimum atomic E-state index is 0.501. The molecule has 2 aliphatic rings. The van der Waals surface area contributed by atoms with E-state index in [2.05, 4.69) is 69.2 Å². The van der Waals surface area contributed by atoms with Crippen LogP contribution in [0.2, 0.25) is 0 Å². The maximum Gasteiger partial charge on any atom is -0.0263 e. The van der Waals surface area contributed by atoms with Crippen molar-refractivity contribution < 1.29 is 0 Å². The molecule has 2 rings (SSSR count). The van der Waals surface area contributed by atoms with Gasteiger partial charge in [0.2, 0.25) is 0 Å². The summed E-state index contributed by atoms with van der Waals surface area (Å²) in [7, 11) is 0. The Morgan fingerprint density at radius 1 is 0.842 bits per heavy atom. The highest BCUT2D eigenvalue weighted by Gasteiger charge is 2.57. The van der Waals surface area contributed by atoms with E-state index < -0.39 is 0 Å². The van der Waals surface area contributed by atoms with Crippen molar-refractivity contribution in [2.45, 2.75) is 195 Å². The Labute approximate surface area is 246 Å². The molecule has 0 heterocycles. The maximum atomic E-state index is 2.76. The summed E-state index contributed by atoms with van der Waals surface area (Å²) in [5.74, 6) is 5.44. The lowest BCUT2D eigenvalue weighted by molar-refractivity contribution is -0.0623. The highest BCUT2D eigenvalue weighted by molar-refractivity contribution is 5.06. The van der Waals surface area contributed by atoms with Gasteiger partial charge in [-0.25, -0.2) is 0 Å². The molecule has 0 aromatic rings. The van der Waals surface area contributed by atoms with Gasteiger partial charge >= 0.3 is 0 Å². The van der Waals surface area contributed by atoms with E-state index in [4.69, 9.17) is 0 Å². The van der Waals surface area contributed by atoms with Crippen molar-refractivity contribution >= 4 is 0 Å². The van der Waals surface area contributed by atoms with Crippen molar-refractivity contribution in [1.82, 2.24) is 0 Å². The van der Waals surface area contributed by atoms with E-state index in [1.54, 1.807) is 0 Å². The lowest BCUT2D eigenvalue weighted by Gasteiger charge is -2.55. The van der Waals surface area contributed by atoms with Gasteiger partial charge in [0.05, 0.1) is 0 Å². The molecule has 0 N–H and O–H groups in total. The quantitative estimate of drug-likeness (QED) is 0.259. The predicted octanol–water partition coefficient (Wildman–Crippen LogP) is 14.3. The lowest BCUT2D eigenvalue weighted by atomic mass is 9.50. The average Bonchev–Trinajstić information content (AvgIpc) is 3.31. The number of unbranched alkanes of at least 4 members (excludes halogenated alkanes) is 1. The van der Waals surface area contributed by atoms with E-state index in [-0.39, 0.29) is 0 Å². The highest BCUT2D eigenvalue weighted by atomic mass is 14.6. The van der Waals surface area contributed by atoms with Crippen LogP contribution in [0, 0.1) is 51.8 Å². The average molecular weight is 539 g/mol. The van der Waals surface area contributed by atoms with Crippen molar-refractivity contribution in [1.29, 1.82) is 0 Å². The molecule has 0 saturated heterocycles. The molecule has 0 radical (unpaired) electrons. The first-order chi connectivity index (χ1) is 18.0. The van der Waals surface area contributed by atoms with Crippen molar-refractivity contribution in [2.24, 2.45) is 51.8 Å². The third-order valence-corrected chi connectivity index (χ3v) is 10.8. The van der Waals surface area contributed by atoms with E-state index in [0.29, 0.717) is 16.2 Å².